The van der Waals surface area contributed by atoms with Crippen LogP contribution in [0.15, 0.2) is 61.2 Å². The SMILES string of the molecule is C=CCOc1ccc(/C=C/C(=O)NCCn2c(C)nc3ccccc32)cc1OC. The van der Waals surface area contributed by atoms with Crippen LogP contribution in [-0.4, -0.2) is 35.7 Å². The van der Waals surface area contributed by atoms with Gasteiger partial charge in [-0.25, -0.2) is 4.98 Å². The van der Waals surface area contributed by atoms with Gasteiger partial charge in [-0.05, 0) is 42.8 Å². The summed E-state index contributed by atoms with van der Waals surface area (Å²) in [5.74, 6) is 2.02. The van der Waals surface area contributed by atoms with E-state index in [-0.39, 0.29) is 5.91 Å². The molecular weight excluding hydrogens is 366 g/mol. The van der Waals surface area contributed by atoms with Gasteiger partial charge in [-0.3, -0.25) is 4.79 Å². The van der Waals surface area contributed by atoms with Crippen LogP contribution in [0.4, 0.5) is 0 Å². The normalized spacial score (nSPS) is 11.0. The lowest BCUT2D eigenvalue weighted by Gasteiger charge is -2.10. The summed E-state index contributed by atoms with van der Waals surface area (Å²) in [4.78, 5) is 16.7. The van der Waals surface area contributed by atoms with Crippen molar-refractivity contribution in [2.45, 2.75) is 13.5 Å². The van der Waals surface area contributed by atoms with Gasteiger partial charge < -0.3 is 19.4 Å². The molecule has 0 bridgehead atoms. The van der Waals surface area contributed by atoms with Gasteiger partial charge in [0.1, 0.15) is 12.4 Å². The number of nitrogens with one attached hydrogen (secondary N) is 1. The van der Waals surface area contributed by atoms with Crippen molar-refractivity contribution in [3.63, 3.8) is 0 Å². The van der Waals surface area contributed by atoms with E-state index in [4.69, 9.17) is 9.47 Å². The minimum Gasteiger partial charge on any atom is -0.493 e. The second-order valence-electron chi connectivity index (χ2n) is 6.43. The minimum absolute atomic E-state index is 0.155. The maximum absolute atomic E-state index is 12.2. The molecule has 2 aromatic carbocycles. The van der Waals surface area contributed by atoms with Crippen LogP contribution in [0.2, 0.25) is 0 Å². The van der Waals surface area contributed by atoms with Gasteiger partial charge in [0.2, 0.25) is 5.91 Å². The highest BCUT2D eigenvalue weighted by Crippen LogP contribution is 2.28. The number of hydrogen-bond donors (Lipinski definition) is 1. The molecule has 6 heteroatoms. The molecule has 0 fully saturated rings. The van der Waals surface area contributed by atoms with Crippen molar-refractivity contribution < 1.29 is 14.3 Å². The standard InChI is InChI=1S/C23H25N3O3/c1-4-15-29-21-11-9-18(16-22(21)28-3)10-12-23(27)24-13-14-26-17(2)25-19-7-5-6-8-20(19)26/h4-12,16H,1,13-15H2,2-3H3,(H,24,27)/b12-10+. The van der Waals surface area contributed by atoms with Gasteiger partial charge in [0.15, 0.2) is 11.5 Å². The van der Waals surface area contributed by atoms with E-state index in [2.05, 4.69) is 21.4 Å². The van der Waals surface area contributed by atoms with E-state index in [0.29, 0.717) is 31.2 Å². The van der Waals surface area contributed by atoms with Crippen LogP contribution in [0.5, 0.6) is 11.5 Å². The molecule has 1 aromatic heterocycles. The Morgan fingerprint density at radius 2 is 2.07 bits per heavy atom. The summed E-state index contributed by atoms with van der Waals surface area (Å²) in [6.07, 6.45) is 4.93. The summed E-state index contributed by atoms with van der Waals surface area (Å²) in [6, 6.07) is 13.5. The Kier molecular flexibility index (Phi) is 6.68. The highest BCUT2D eigenvalue weighted by Gasteiger charge is 2.07. The first-order valence-electron chi connectivity index (χ1n) is 9.42. The number of methoxy groups -OCH3 is 1. The number of benzene rings is 2. The number of para-hydroxylation sites is 2. The quantitative estimate of drug-likeness (QED) is 0.446. The Morgan fingerprint density at radius 3 is 2.86 bits per heavy atom. The van der Waals surface area contributed by atoms with Gasteiger partial charge in [0, 0.05) is 19.2 Å². The summed E-state index contributed by atoms with van der Waals surface area (Å²) in [5.41, 5.74) is 2.88. The number of carbonyl (C=O) groups excluding carboxylic acids is 1. The Labute approximate surface area is 170 Å². The Balaban J connectivity index is 1.57. The Hall–Kier alpha value is -3.54. The molecule has 6 nitrogen and oxygen atoms in total. The van der Waals surface area contributed by atoms with Crippen LogP contribution in [0, 0.1) is 6.92 Å². The van der Waals surface area contributed by atoms with Crippen LogP contribution in [-0.2, 0) is 11.3 Å². The van der Waals surface area contributed by atoms with Crippen molar-refractivity contribution in [2.75, 3.05) is 20.3 Å². The zero-order valence-corrected chi connectivity index (χ0v) is 16.7. The van der Waals surface area contributed by atoms with E-state index < -0.39 is 0 Å². The molecule has 3 aromatic rings. The average Bonchev–Trinajstić information content (AvgIpc) is 3.06. The second kappa shape index (κ2) is 9.59. The summed E-state index contributed by atoms with van der Waals surface area (Å²) in [7, 11) is 1.58. The van der Waals surface area contributed by atoms with E-state index in [1.165, 1.54) is 6.08 Å². The summed E-state index contributed by atoms with van der Waals surface area (Å²) in [5, 5.41) is 2.91. The largest absolute Gasteiger partial charge is 0.493 e. The molecule has 1 heterocycles. The zero-order chi connectivity index (χ0) is 20.6. The lowest BCUT2D eigenvalue weighted by Crippen LogP contribution is -2.25. The predicted molar refractivity (Wildman–Crippen MR) is 115 cm³/mol. The molecule has 0 atom stereocenters. The number of aromatic nitrogens is 2. The number of ether oxygens (including phenoxy) is 2. The third-order valence-electron chi connectivity index (χ3n) is 4.45. The van der Waals surface area contributed by atoms with Crippen LogP contribution in [0.3, 0.4) is 0 Å². The van der Waals surface area contributed by atoms with E-state index in [1.807, 2.05) is 49.4 Å². The summed E-state index contributed by atoms with van der Waals surface area (Å²) >= 11 is 0. The third kappa shape index (κ3) is 5.04. The number of imidazole rings is 1. The second-order valence-corrected chi connectivity index (χ2v) is 6.43. The number of fused-ring (bicyclic) bond motifs is 1. The maximum atomic E-state index is 12.2. The fourth-order valence-electron chi connectivity index (χ4n) is 3.06. The molecule has 150 valence electrons. The molecule has 0 aliphatic carbocycles. The number of nitrogens with zero attached hydrogens (tertiary/aromatic N) is 2. The number of hydrogen-bond acceptors (Lipinski definition) is 4. The van der Waals surface area contributed by atoms with Gasteiger partial charge in [-0.2, -0.15) is 0 Å². The maximum Gasteiger partial charge on any atom is 0.244 e. The summed E-state index contributed by atoms with van der Waals surface area (Å²) < 4.78 is 13.0. The molecule has 29 heavy (non-hydrogen) atoms. The predicted octanol–water partition coefficient (Wildman–Crippen LogP) is 3.75. The molecule has 0 unspecified atom stereocenters. The lowest BCUT2D eigenvalue weighted by molar-refractivity contribution is -0.116. The fraction of sp³-hybridized carbons (Fsp3) is 0.217. The van der Waals surface area contributed by atoms with Crippen LogP contribution >= 0.6 is 0 Å². The number of rotatable bonds is 9. The van der Waals surface area contributed by atoms with E-state index >= 15 is 0 Å². The van der Waals surface area contributed by atoms with Crippen LogP contribution in [0.1, 0.15) is 11.4 Å². The van der Waals surface area contributed by atoms with Crippen molar-refractivity contribution in [3.8, 4) is 11.5 Å². The highest BCUT2D eigenvalue weighted by molar-refractivity contribution is 5.91. The van der Waals surface area contributed by atoms with Gasteiger partial charge in [0.05, 0.1) is 18.1 Å². The Morgan fingerprint density at radius 1 is 1.24 bits per heavy atom. The molecule has 0 saturated heterocycles. The first-order chi connectivity index (χ1) is 14.1. The van der Waals surface area contributed by atoms with Gasteiger partial charge in [-0.15, -0.1) is 0 Å². The molecule has 1 N–H and O–H groups in total. The van der Waals surface area contributed by atoms with Crippen LogP contribution in [0.25, 0.3) is 17.1 Å². The van der Waals surface area contributed by atoms with Crippen molar-refractivity contribution in [2.24, 2.45) is 0 Å². The number of amides is 1. The molecule has 0 aliphatic heterocycles. The number of carbonyl (C=O) groups is 1. The molecule has 0 radical (unpaired) electrons. The molecule has 3 rings (SSSR count). The topological polar surface area (TPSA) is 65.4 Å². The van der Waals surface area contributed by atoms with Crippen molar-refractivity contribution in [1.29, 1.82) is 0 Å². The van der Waals surface area contributed by atoms with E-state index in [9.17, 15) is 4.79 Å². The minimum atomic E-state index is -0.155. The molecule has 1 amide bonds. The first kappa shape index (κ1) is 20.2. The van der Waals surface area contributed by atoms with Crippen LogP contribution < -0.4 is 14.8 Å². The van der Waals surface area contributed by atoms with Gasteiger partial charge >= 0.3 is 0 Å². The first-order valence-corrected chi connectivity index (χ1v) is 9.42. The zero-order valence-electron chi connectivity index (χ0n) is 16.7. The lowest BCUT2D eigenvalue weighted by atomic mass is 10.2. The summed E-state index contributed by atoms with van der Waals surface area (Å²) in [6.45, 7) is 7.18. The average molecular weight is 391 g/mol. The van der Waals surface area contributed by atoms with Crippen molar-refractivity contribution in [1.82, 2.24) is 14.9 Å². The monoisotopic (exact) mass is 391 g/mol. The Bertz CT molecular complexity index is 1040. The van der Waals surface area contributed by atoms with Gasteiger partial charge in [0.25, 0.3) is 0 Å². The fourth-order valence-corrected chi connectivity index (χ4v) is 3.06. The highest BCUT2D eigenvalue weighted by atomic mass is 16.5. The van der Waals surface area contributed by atoms with Crippen molar-refractivity contribution >= 4 is 23.0 Å². The molecular formula is C23H25N3O3. The van der Waals surface area contributed by atoms with Gasteiger partial charge in [-0.1, -0.05) is 30.9 Å². The van der Waals surface area contributed by atoms with E-state index in [1.54, 1.807) is 19.3 Å². The smallest absolute Gasteiger partial charge is 0.244 e. The molecule has 0 aliphatic rings. The number of aryl methyl sites for hydroxylation is 1. The molecule has 0 spiro atoms. The molecule has 0 saturated carbocycles. The van der Waals surface area contributed by atoms with Crippen molar-refractivity contribution in [3.05, 3.63) is 72.6 Å². The van der Waals surface area contributed by atoms with E-state index in [0.717, 1.165) is 22.4 Å². The third-order valence-corrected chi connectivity index (χ3v) is 4.45.